The lowest BCUT2D eigenvalue weighted by atomic mass is 9.86. The first-order valence-electron chi connectivity index (χ1n) is 6.77. The molecule has 1 aliphatic heterocycles. The van der Waals surface area contributed by atoms with Gasteiger partial charge in [-0.3, -0.25) is 0 Å². The van der Waals surface area contributed by atoms with Crippen molar-refractivity contribution in [2.24, 2.45) is 5.73 Å². The molecule has 3 rings (SSSR count). The van der Waals surface area contributed by atoms with E-state index in [1.54, 1.807) is 0 Å². The second-order valence-corrected chi connectivity index (χ2v) is 5.83. The van der Waals surface area contributed by atoms with Crippen LogP contribution in [0.2, 0.25) is 0 Å². The normalized spacial score (nSPS) is 23.6. The molecule has 1 aromatic carbocycles. The van der Waals surface area contributed by atoms with Crippen molar-refractivity contribution in [3.8, 4) is 0 Å². The molecule has 2 heteroatoms. The highest BCUT2D eigenvalue weighted by atomic mass is 15.1. The Morgan fingerprint density at radius 3 is 2.71 bits per heavy atom. The van der Waals surface area contributed by atoms with E-state index in [0.717, 1.165) is 19.4 Å². The zero-order valence-corrected chi connectivity index (χ0v) is 10.7. The molecule has 2 aliphatic rings. The quantitative estimate of drug-likeness (QED) is 0.802. The SMILES string of the molecule is CN1CCc2cc(C3(N)CCCC3)ccc2C1. The number of hydrogen-bond acceptors (Lipinski definition) is 2. The summed E-state index contributed by atoms with van der Waals surface area (Å²) in [7, 11) is 2.19. The predicted molar refractivity (Wildman–Crippen MR) is 70.8 cm³/mol. The van der Waals surface area contributed by atoms with Gasteiger partial charge >= 0.3 is 0 Å². The van der Waals surface area contributed by atoms with Gasteiger partial charge in [-0.1, -0.05) is 31.0 Å². The third kappa shape index (κ3) is 2.00. The summed E-state index contributed by atoms with van der Waals surface area (Å²) >= 11 is 0. The molecular formula is C15H22N2. The average Bonchev–Trinajstić information content (AvgIpc) is 2.77. The van der Waals surface area contributed by atoms with Crippen LogP contribution in [0, 0.1) is 0 Å². The van der Waals surface area contributed by atoms with E-state index < -0.39 is 0 Å². The van der Waals surface area contributed by atoms with Crippen LogP contribution in [0.3, 0.4) is 0 Å². The standard InChI is InChI=1S/C15H22N2/c1-17-9-6-12-10-14(5-4-13(12)11-17)15(16)7-2-3-8-15/h4-5,10H,2-3,6-9,11,16H2,1H3. The predicted octanol–water partition coefficient (Wildman–Crippen LogP) is 2.40. The number of fused-ring (bicyclic) bond motifs is 1. The number of nitrogens with two attached hydrogens (primary N) is 1. The molecule has 0 bridgehead atoms. The summed E-state index contributed by atoms with van der Waals surface area (Å²) in [5.41, 5.74) is 10.9. The van der Waals surface area contributed by atoms with Gasteiger partial charge in [-0.05, 0) is 43.0 Å². The fourth-order valence-corrected chi connectivity index (χ4v) is 3.30. The van der Waals surface area contributed by atoms with Crippen molar-refractivity contribution < 1.29 is 0 Å². The average molecular weight is 230 g/mol. The monoisotopic (exact) mass is 230 g/mol. The summed E-state index contributed by atoms with van der Waals surface area (Å²) in [6, 6.07) is 6.95. The molecule has 17 heavy (non-hydrogen) atoms. The van der Waals surface area contributed by atoms with Gasteiger partial charge in [0, 0.05) is 18.6 Å². The largest absolute Gasteiger partial charge is 0.321 e. The highest BCUT2D eigenvalue weighted by Gasteiger charge is 2.31. The minimum absolute atomic E-state index is 0.0294. The lowest BCUT2D eigenvalue weighted by Crippen LogP contribution is -2.34. The maximum atomic E-state index is 6.53. The third-order valence-electron chi connectivity index (χ3n) is 4.48. The summed E-state index contributed by atoms with van der Waals surface area (Å²) in [4.78, 5) is 2.38. The van der Waals surface area contributed by atoms with E-state index in [0.29, 0.717) is 0 Å². The number of likely N-dealkylation sites (N-methyl/N-ethyl adjacent to an activating group) is 1. The smallest absolute Gasteiger partial charge is 0.0409 e. The summed E-state index contributed by atoms with van der Waals surface area (Å²) in [6.07, 6.45) is 6.07. The Kier molecular flexibility index (Phi) is 2.72. The fourth-order valence-electron chi connectivity index (χ4n) is 3.30. The zero-order chi connectivity index (χ0) is 11.9. The van der Waals surface area contributed by atoms with Crippen LogP contribution in [-0.2, 0) is 18.5 Å². The molecule has 1 fully saturated rings. The topological polar surface area (TPSA) is 29.3 Å². The molecule has 2 nitrogen and oxygen atoms in total. The number of rotatable bonds is 1. The van der Waals surface area contributed by atoms with Gasteiger partial charge in [0.25, 0.3) is 0 Å². The van der Waals surface area contributed by atoms with Gasteiger partial charge in [-0.15, -0.1) is 0 Å². The van der Waals surface area contributed by atoms with Crippen LogP contribution in [0.25, 0.3) is 0 Å². The minimum atomic E-state index is -0.0294. The van der Waals surface area contributed by atoms with Crippen molar-refractivity contribution in [2.75, 3.05) is 13.6 Å². The highest BCUT2D eigenvalue weighted by molar-refractivity contribution is 5.37. The lowest BCUT2D eigenvalue weighted by molar-refractivity contribution is 0.312. The van der Waals surface area contributed by atoms with E-state index in [1.807, 2.05) is 0 Å². The highest BCUT2D eigenvalue weighted by Crippen LogP contribution is 2.37. The number of hydrogen-bond donors (Lipinski definition) is 1. The van der Waals surface area contributed by atoms with Crippen LogP contribution in [0.15, 0.2) is 18.2 Å². The Morgan fingerprint density at radius 1 is 1.18 bits per heavy atom. The second-order valence-electron chi connectivity index (χ2n) is 5.83. The summed E-state index contributed by atoms with van der Waals surface area (Å²) in [5.74, 6) is 0. The Bertz CT molecular complexity index is 419. The Hall–Kier alpha value is -0.860. The maximum absolute atomic E-state index is 6.53. The number of nitrogens with zero attached hydrogens (tertiary/aromatic N) is 1. The molecule has 1 aliphatic carbocycles. The van der Waals surface area contributed by atoms with Crippen molar-refractivity contribution in [1.29, 1.82) is 0 Å². The van der Waals surface area contributed by atoms with Gasteiger partial charge in [0.2, 0.25) is 0 Å². The molecule has 0 aromatic heterocycles. The van der Waals surface area contributed by atoms with E-state index in [-0.39, 0.29) is 5.54 Å². The Morgan fingerprint density at radius 2 is 1.94 bits per heavy atom. The summed E-state index contributed by atoms with van der Waals surface area (Å²) in [5, 5.41) is 0. The van der Waals surface area contributed by atoms with Gasteiger partial charge in [0.05, 0.1) is 0 Å². The third-order valence-corrected chi connectivity index (χ3v) is 4.48. The van der Waals surface area contributed by atoms with Crippen molar-refractivity contribution in [1.82, 2.24) is 4.90 Å². The molecule has 0 atom stereocenters. The van der Waals surface area contributed by atoms with E-state index in [4.69, 9.17) is 5.73 Å². The van der Waals surface area contributed by atoms with Gasteiger partial charge in [0.1, 0.15) is 0 Å². The molecule has 1 aromatic rings. The van der Waals surface area contributed by atoms with Crippen molar-refractivity contribution in [2.45, 2.75) is 44.2 Å². The lowest BCUT2D eigenvalue weighted by Gasteiger charge is -2.29. The van der Waals surface area contributed by atoms with Crippen LogP contribution < -0.4 is 5.73 Å². The molecule has 0 unspecified atom stereocenters. The fraction of sp³-hybridized carbons (Fsp3) is 0.600. The molecule has 92 valence electrons. The molecule has 0 spiro atoms. The first-order chi connectivity index (χ1) is 8.17. The van der Waals surface area contributed by atoms with E-state index in [1.165, 1.54) is 42.5 Å². The van der Waals surface area contributed by atoms with Gasteiger partial charge in [-0.25, -0.2) is 0 Å². The zero-order valence-electron chi connectivity index (χ0n) is 10.7. The van der Waals surface area contributed by atoms with E-state index >= 15 is 0 Å². The van der Waals surface area contributed by atoms with Gasteiger partial charge < -0.3 is 10.6 Å². The molecule has 0 radical (unpaired) electrons. The molecular weight excluding hydrogens is 208 g/mol. The van der Waals surface area contributed by atoms with E-state index in [2.05, 4.69) is 30.1 Å². The van der Waals surface area contributed by atoms with Gasteiger partial charge in [-0.2, -0.15) is 0 Å². The molecule has 0 saturated heterocycles. The Balaban J connectivity index is 1.93. The minimum Gasteiger partial charge on any atom is -0.321 e. The second kappa shape index (κ2) is 4.11. The van der Waals surface area contributed by atoms with Crippen LogP contribution >= 0.6 is 0 Å². The summed E-state index contributed by atoms with van der Waals surface area (Å²) in [6.45, 7) is 2.27. The summed E-state index contributed by atoms with van der Waals surface area (Å²) < 4.78 is 0. The number of benzene rings is 1. The van der Waals surface area contributed by atoms with Crippen molar-refractivity contribution in [3.05, 3.63) is 34.9 Å². The van der Waals surface area contributed by atoms with Crippen molar-refractivity contribution >= 4 is 0 Å². The first kappa shape index (κ1) is 11.2. The van der Waals surface area contributed by atoms with Crippen LogP contribution in [0.4, 0.5) is 0 Å². The molecule has 2 N–H and O–H groups in total. The van der Waals surface area contributed by atoms with Gasteiger partial charge in [0.15, 0.2) is 0 Å². The Labute approximate surface area is 104 Å². The van der Waals surface area contributed by atoms with Crippen LogP contribution in [0.5, 0.6) is 0 Å². The molecule has 1 saturated carbocycles. The van der Waals surface area contributed by atoms with Crippen LogP contribution in [-0.4, -0.2) is 18.5 Å². The van der Waals surface area contributed by atoms with Crippen LogP contribution in [0.1, 0.15) is 42.4 Å². The first-order valence-corrected chi connectivity index (χ1v) is 6.77. The molecule has 0 amide bonds. The molecule has 1 heterocycles. The van der Waals surface area contributed by atoms with E-state index in [9.17, 15) is 0 Å². The maximum Gasteiger partial charge on any atom is 0.0409 e. The van der Waals surface area contributed by atoms with Crippen molar-refractivity contribution in [3.63, 3.8) is 0 Å².